The van der Waals surface area contributed by atoms with Crippen molar-refractivity contribution in [1.82, 2.24) is 0 Å². The van der Waals surface area contributed by atoms with Crippen LogP contribution in [-0.4, -0.2) is 22.2 Å². The standard InChI is InChI=1S/C10H16O4/c1-5-3-4-7(6(2)9(11)12)8(5)10(13)14/h5-8H,3-4H2,1-2H3,(H,11,12)(H,13,14)/t5-,6+,7-,8-/m1/s1. The van der Waals surface area contributed by atoms with E-state index in [-0.39, 0.29) is 11.8 Å². The monoisotopic (exact) mass is 200 g/mol. The highest BCUT2D eigenvalue weighted by Gasteiger charge is 2.43. The molecule has 0 aromatic rings. The summed E-state index contributed by atoms with van der Waals surface area (Å²) >= 11 is 0. The number of hydrogen-bond acceptors (Lipinski definition) is 2. The van der Waals surface area contributed by atoms with Gasteiger partial charge in [-0.05, 0) is 24.7 Å². The molecule has 0 heterocycles. The quantitative estimate of drug-likeness (QED) is 0.723. The number of carboxylic acid groups (broad SMARTS) is 2. The van der Waals surface area contributed by atoms with Crippen LogP contribution in [0.5, 0.6) is 0 Å². The van der Waals surface area contributed by atoms with Gasteiger partial charge in [0, 0.05) is 0 Å². The molecule has 1 aliphatic rings. The molecule has 0 unspecified atom stereocenters. The van der Waals surface area contributed by atoms with Crippen LogP contribution in [0.25, 0.3) is 0 Å². The molecule has 4 nitrogen and oxygen atoms in total. The Morgan fingerprint density at radius 3 is 2.29 bits per heavy atom. The van der Waals surface area contributed by atoms with Crippen molar-refractivity contribution in [2.75, 3.05) is 0 Å². The van der Waals surface area contributed by atoms with Gasteiger partial charge in [-0.15, -0.1) is 0 Å². The van der Waals surface area contributed by atoms with E-state index in [0.29, 0.717) is 6.42 Å². The van der Waals surface area contributed by atoms with E-state index in [4.69, 9.17) is 10.2 Å². The normalized spacial score (nSPS) is 34.0. The van der Waals surface area contributed by atoms with Crippen molar-refractivity contribution in [3.05, 3.63) is 0 Å². The molecule has 14 heavy (non-hydrogen) atoms. The Morgan fingerprint density at radius 2 is 1.86 bits per heavy atom. The lowest BCUT2D eigenvalue weighted by molar-refractivity contribution is -0.148. The Labute approximate surface area is 82.9 Å². The van der Waals surface area contributed by atoms with E-state index in [1.54, 1.807) is 6.92 Å². The first-order chi connectivity index (χ1) is 6.45. The van der Waals surface area contributed by atoms with E-state index in [9.17, 15) is 9.59 Å². The van der Waals surface area contributed by atoms with Crippen LogP contribution >= 0.6 is 0 Å². The third-order valence-electron chi connectivity index (χ3n) is 3.35. The molecule has 1 saturated carbocycles. The molecule has 0 amide bonds. The van der Waals surface area contributed by atoms with Crippen LogP contribution in [0.3, 0.4) is 0 Å². The molecule has 1 aliphatic carbocycles. The molecule has 0 aromatic heterocycles. The molecule has 0 bridgehead atoms. The number of rotatable bonds is 3. The lowest BCUT2D eigenvalue weighted by Gasteiger charge is -2.21. The average Bonchev–Trinajstić information content (AvgIpc) is 2.45. The van der Waals surface area contributed by atoms with Gasteiger partial charge < -0.3 is 10.2 Å². The van der Waals surface area contributed by atoms with Crippen LogP contribution in [0.4, 0.5) is 0 Å². The summed E-state index contributed by atoms with van der Waals surface area (Å²) in [6, 6.07) is 0. The third-order valence-corrected chi connectivity index (χ3v) is 3.35. The fourth-order valence-corrected chi connectivity index (χ4v) is 2.41. The maximum Gasteiger partial charge on any atom is 0.307 e. The zero-order valence-corrected chi connectivity index (χ0v) is 8.43. The Hall–Kier alpha value is -1.06. The minimum Gasteiger partial charge on any atom is -0.481 e. The molecule has 0 spiro atoms. The Balaban J connectivity index is 2.79. The van der Waals surface area contributed by atoms with Crippen LogP contribution in [0.1, 0.15) is 26.7 Å². The predicted molar refractivity (Wildman–Crippen MR) is 49.8 cm³/mol. The van der Waals surface area contributed by atoms with E-state index < -0.39 is 23.8 Å². The van der Waals surface area contributed by atoms with Crippen molar-refractivity contribution >= 4 is 11.9 Å². The lowest BCUT2D eigenvalue weighted by atomic mass is 9.82. The number of hydrogen-bond donors (Lipinski definition) is 2. The first kappa shape index (κ1) is 11.0. The minimum atomic E-state index is -0.893. The van der Waals surface area contributed by atoms with Crippen molar-refractivity contribution in [3.63, 3.8) is 0 Å². The van der Waals surface area contributed by atoms with Crippen LogP contribution in [-0.2, 0) is 9.59 Å². The van der Waals surface area contributed by atoms with Gasteiger partial charge in [0.05, 0.1) is 11.8 Å². The summed E-state index contributed by atoms with van der Waals surface area (Å²) in [6.45, 7) is 3.48. The molecule has 2 N–H and O–H groups in total. The van der Waals surface area contributed by atoms with Gasteiger partial charge in [-0.3, -0.25) is 9.59 Å². The number of carboxylic acids is 2. The largest absolute Gasteiger partial charge is 0.481 e. The second-order valence-electron chi connectivity index (χ2n) is 4.21. The van der Waals surface area contributed by atoms with Crippen LogP contribution < -0.4 is 0 Å². The zero-order valence-electron chi connectivity index (χ0n) is 8.43. The van der Waals surface area contributed by atoms with Gasteiger partial charge in [0.1, 0.15) is 0 Å². The molecule has 80 valence electrons. The lowest BCUT2D eigenvalue weighted by Crippen LogP contribution is -2.30. The summed E-state index contributed by atoms with van der Waals surface area (Å²) in [4.78, 5) is 21.7. The number of carbonyl (C=O) groups is 2. The van der Waals surface area contributed by atoms with Crippen molar-refractivity contribution < 1.29 is 19.8 Å². The van der Waals surface area contributed by atoms with E-state index in [0.717, 1.165) is 6.42 Å². The van der Waals surface area contributed by atoms with Gasteiger partial charge in [0.15, 0.2) is 0 Å². The van der Waals surface area contributed by atoms with Gasteiger partial charge in [-0.2, -0.15) is 0 Å². The molecule has 4 atom stereocenters. The molecule has 1 fully saturated rings. The highest BCUT2D eigenvalue weighted by Crippen LogP contribution is 2.41. The van der Waals surface area contributed by atoms with Gasteiger partial charge >= 0.3 is 11.9 Å². The summed E-state index contributed by atoms with van der Waals surface area (Å²) in [5.74, 6) is -2.90. The smallest absolute Gasteiger partial charge is 0.307 e. The second kappa shape index (κ2) is 3.98. The van der Waals surface area contributed by atoms with E-state index in [2.05, 4.69) is 0 Å². The summed E-state index contributed by atoms with van der Waals surface area (Å²) in [5, 5.41) is 17.8. The maximum absolute atomic E-state index is 11.0. The van der Waals surface area contributed by atoms with Gasteiger partial charge in [-0.25, -0.2) is 0 Å². The second-order valence-corrected chi connectivity index (χ2v) is 4.21. The minimum absolute atomic E-state index is 0.0966. The summed E-state index contributed by atoms with van der Waals surface area (Å²) in [6.07, 6.45) is 1.53. The third kappa shape index (κ3) is 1.89. The fourth-order valence-electron chi connectivity index (χ4n) is 2.41. The summed E-state index contributed by atoms with van der Waals surface area (Å²) in [7, 11) is 0. The predicted octanol–water partition coefficient (Wildman–Crippen LogP) is 1.45. The highest BCUT2D eigenvalue weighted by molar-refractivity contribution is 5.75. The molecule has 0 radical (unpaired) electrons. The Kier molecular flexibility index (Phi) is 3.13. The molecular formula is C10H16O4. The molecule has 0 aliphatic heterocycles. The Morgan fingerprint density at radius 1 is 1.29 bits per heavy atom. The molecule has 0 aromatic carbocycles. The van der Waals surface area contributed by atoms with Crippen molar-refractivity contribution in [3.8, 4) is 0 Å². The molecular weight excluding hydrogens is 184 g/mol. The van der Waals surface area contributed by atoms with E-state index >= 15 is 0 Å². The van der Waals surface area contributed by atoms with Crippen molar-refractivity contribution in [2.45, 2.75) is 26.7 Å². The fraction of sp³-hybridized carbons (Fsp3) is 0.800. The molecule has 4 heteroatoms. The van der Waals surface area contributed by atoms with Gasteiger partial charge in [-0.1, -0.05) is 13.8 Å². The van der Waals surface area contributed by atoms with Crippen molar-refractivity contribution in [1.29, 1.82) is 0 Å². The number of aliphatic carboxylic acids is 2. The SMILES string of the molecule is C[C@@H]1CC[C@H]([C@H](C)C(=O)O)[C@@H]1C(=O)O. The zero-order chi connectivity index (χ0) is 10.9. The van der Waals surface area contributed by atoms with E-state index in [1.165, 1.54) is 0 Å². The summed E-state index contributed by atoms with van der Waals surface area (Å²) < 4.78 is 0. The molecule has 1 rings (SSSR count). The first-order valence-electron chi connectivity index (χ1n) is 4.90. The van der Waals surface area contributed by atoms with Crippen molar-refractivity contribution in [2.24, 2.45) is 23.7 Å². The van der Waals surface area contributed by atoms with Crippen LogP contribution in [0.15, 0.2) is 0 Å². The van der Waals surface area contributed by atoms with Gasteiger partial charge in [0.25, 0.3) is 0 Å². The van der Waals surface area contributed by atoms with Gasteiger partial charge in [0.2, 0.25) is 0 Å². The van der Waals surface area contributed by atoms with Crippen LogP contribution in [0, 0.1) is 23.7 Å². The van der Waals surface area contributed by atoms with Crippen LogP contribution in [0.2, 0.25) is 0 Å². The first-order valence-corrected chi connectivity index (χ1v) is 4.90. The Bertz CT molecular complexity index is 249. The summed E-state index contributed by atoms with van der Waals surface area (Å²) in [5.41, 5.74) is 0. The molecule has 0 saturated heterocycles. The van der Waals surface area contributed by atoms with E-state index in [1.807, 2.05) is 6.92 Å². The topological polar surface area (TPSA) is 74.6 Å². The average molecular weight is 200 g/mol. The maximum atomic E-state index is 11.0. The highest BCUT2D eigenvalue weighted by atomic mass is 16.4.